The first-order valence-corrected chi connectivity index (χ1v) is 6.24. The zero-order valence-corrected chi connectivity index (χ0v) is 10.9. The predicted molar refractivity (Wildman–Crippen MR) is 68.3 cm³/mol. The van der Waals surface area contributed by atoms with E-state index in [1.165, 1.54) is 0 Å². The molecule has 0 saturated carbocycles. The van der Waals surface area contributed by atoms with Crippen molar-refractivity contribution in [3.63, 3.8) is 0 Å². The molecule has 2 aromatic heterocycles. The number of H-pyrrole nitrogens is 1. The molecule has 1 fully saturated rings. The van der Waals surface area contributed by atoms with E-state index in [1.54, 1.807) is 29.5 Å². The highest BCUT2D eigenvalue weighted by Gasteiger charge is 2.32. The Balaban J connectivity index is 1.62. The average Bonchev–Trinajstić information content (AvgIpc) is 3.13. The SMILES string of the molecule is Cn1cnc(C(=O)N[C@H]2COC[C@H]2Oc2cn[nH]c2)c1. The van der Waals surface area contributed by atoms with Gasteiger partial charge in [0.2, 0.25) is 0 Å². The number of hydrogen-bond acceptors (Lipinski definition) is 5. The largest absolute Gasteiger partial charge is 0.482 e. The fourth-order valence-electron chi connectivity index (χ4n) is 2.04. The van der Waals surface area contributed by atoms with Gasteiger partial charge in [-0.2, -0.15) is 5.10 Å². The number of amides is 1. The third-order valence-electron chi connectivity index (χ3n) is 3.04. The fraction of sp³-hybridized carbons (Fsp3) is 0.417. The fourth-order valence-corrected chi connectivity index (χ4v) is 2.04. The van der Waals surface area contributed by atoms with Crippen LogP contribution in [0.4, 0.5) is 0 Å². The third kappa shape index (κ3) is 2.64. The van der Waals surface area contributed by atoms with Gasteiger partial charge in [-0.1, -0.05) is 0 Å². The van der Waals surface area contributed by atoms with Gasteiger partial charge in [0.1, 0.15) is 11.8 Å². The highest BCUT2D eigenvalue weighted by atomic mass is 16.5. The highest BCUT2D eigenvalue weighted by molar-refractivity contribution is 5.92. The van der Waals surface area contributed by atoms with E-state index in [2.05, 4.69) is 20.5 Å². The van der Waals surface area contributed by atoms with E-state index >= 15 is 0 Å². The number of imidazole rings is 1. The molecule has 1 aliphatic heterocycles. The van der Waals surface area contributed by atoms with Gasteiger partial charge in [0.05, 0.1) is 38.0 Å². The van der Waals surface area contributed by atoms with Crippen LogP contribution in [0.15, 0.2) is 24.9 Å². The lowest BCUT2D eigenvalue weighted by molar-refractivity contribution is 0.0899. The second-order valence-electron chi connectivity index (χ2n) is 4.63. The minimum absolute atomic E-state index is 0.209. The molecule has 3 heterocycles. The number of carbonyl (C=O) groups excluding carboxylic acids is 1. The Hall–Kier alpha value is -2.35. The molecule has 0 unspecified atom stereocenters. The maximum atomic E-state index is 12.0. The van der Waals surface area contributed by atoms with Crippen LogP contribution in [0, 0.1) is 0 Å². The van der Waals surface area contributed by atoms with Crippen molar-refractivity contribution in [1.82, 2.24) is 25.1 Å². The first-order valence-electron chi connectivity index (χ1n) is 6.24. The molecule has 1 saturated heterocycles. The second-order valence-corrected chi connectivity index (χ2v) is 4.63. The van der Waals surface area contributed by atoms with Crippen molar-refractivity contribution in [2.45, 2.75) is 12.1 Å². The summed E-state index contributed by atoms with van der Waals surface area (Å²) in [6.45, 7) is 0.847. The predicted octanol–water partition coefficient (Wildman–Crippen LogP) is -0.281. The smallest absolute Gasteiger partial charge is 0.271 e. The number of aromatic nitrogens is 4. The summed E-state index contributed by atoms with van der Waals surface area (Å²) >= 11 is 0. The molecule has 0 spiro atoms. The van der Waals surface area contributed by atoms with Gasteiger partial charge in [-0.15, -0.1) is 0 Å². The summed E-state index contributed by atoms with van der Waals surface area (Å²) in [5.74, 6) is 0.388. The molecule has 8 heteroatoms. The number of ether oxygens (including phenoxy) is 2. The number of nitrogens with zero attached hydrogens (tertiary/aromatic N) is 3. The molecule has 1 aliphatic rings. The summed E-state index contributed by atoms with van der Waals surface area (Å²) in [5, 5.41) is 9.36. The van der Waals surface area contributed by atoms with Crippen molar-refractivity contribution in [2.24, 2.45) is 7.05 Å². The quantitative estimate of drug-likeness (QED) is 0.801. The lowest BCUT2D eigenvalue weighted by atomic mass is 10.2. The number of aromatic amines is 1. The van der Waals surface area contributed by atoms with Gasteiger partial charge in [0, 0.05) is 13.2 Å². The molecule has 0 bridgehead atoms. The van der Waals surface area contributed by atoms with Gasteiger partial charge in [0.25, 0.3) is 5.91 Å². The molecular formula is C12H15N5O3. The van der Waals surface area contributed by atoms with E-state index in [4.69, 9.17) is 9.47 Å². The third-order valence-corrected chi connectivity index (χ3v) is 3.04. The number of rotatable bonds is 4. The molecule has 20 heavy (non-hydrogen) atoms. The topological polar surface area (TPSA) is 94.1 Å². The summed E-state index contributed by atoms with van der Waals surface area (Å²) in [6.07, 6.45) is 6.24. The molecule has 2 atom stereocenters. The minimum Gasteiger partial charge on any atom is -0.482 e. The van der Waals surface area contributed by atoms with Gasteiger partial charge in [-0.05, 0) is 0 Å². The van der Waals surface area contributed by atoms with E-state index in [9.17, 15) is 4.79 Å². The highest BCUT2D eigenvalue weighted by Crippen LogP contribution is 2.15. The Morgan fingerprint density at radius 2 is 2.50 bits per heavy atom. The van der Waals surface area contributed by atoms with Crippen molar-refractivity contribution >= 4 is 5.91 Å². The molecule has 2 aromatic rings. The maximum absolute atomic E-state index is 12.0. The van der Waals surface area contributed by atoms with Crippen molar-refractivity contribution in [3.8, 4) is 5.75 Å². The molecule has 3 rings (SSSR count). The van der Waals surface area contributed by atoms with Gasteiger partial charge in [-0.25, -0.2) is 4.98 Å². The summed E-state index contributed by atoms with van der Waals surface area (Å²) in [6, 6.07) is -0.209. The number of aryl methyl sites for hydroxylation is 1. The molecule has 2 N–H and O–H groups in total. The zero-order valence-electron chi connectivity index (χ0n) is 10.9. The lowest BCUT2D eigenvalue weighted by Gasteiger charge is -2.19. The number of carbonyl (C=O) groups is 1. The minimum atomic E-state index is -0.236. The maximum Gasteiger partial charge on any atom is 0.271 e. The van der Waals surface area contributed by atoms with Gasteiger partial charge >= 0.3 is 0 Å². The van der Waals surface area contributed by atoms with E-state index in [0.717, 1.165) is 0 Å². The van der Waals surface area contributed by atoms with Crippen molar-refractivity contribution in [3.05, 3.63) is 30.6 Å². The Morgan fingerprint density at radius 1 is 1.60 bits per heavy atom. The molecule has 1 amide bonds. The van der Waals surface area contributed by atoms with Crippen LogP contribution < -0.4 is 10.1 Å². The van der Waals surface area contributed by atoms with E-state index in [-0.39, 0.29) is 18.1 Å². The van der Waals surface area contributed by atoms with Crippen molar-refractivity contribution < 1.29 is 14.3 Å². The van der Waals surface area contributed by atoms with Gasteiger partial charge < -0.3 is 19.4 Å². The Bertz CT molecular complexity index is 580. The Morgan fingerprint density at radius 3 is 3.20 bits per heavy atom. The van der Waals surface area contributed by atoms with Crippen LogP contribution in [0.5, 0.6) is 5.75 Å². The van der Waals surface area contributed by atoms with Crippen LogP contribution in [0.25, 0.3) is 0 Å². The summed E-state index contributed by atoms with van der Waals surface area (Å²) < 4.78 is 12.8. The van der Waals surface area contributed by atoms with Crippen LogP contribution in [-0.4, -0.2) is 51.0 Å². The van der Waals surface area contributed by atoms with Crippen molar-refractivity contribution in [1.29, 1.82) is 0 Å². The molecule has 0 radical (unpaired) electrons. The summed E-state index contributed by atoms with van der Waals surface area (Å²) in [4.78, 5) is 16.1. The Kier molecular flexibility index (Phi) is 3.38. The van der Waals surface area contributed by atoms with Gasteiger partial charge in [0.15, 0.2) is 5.75 Å². The first-order chi connectivity index (χ1) is 9.72. The number of nitrogens with one attached hydrogen (secondary N) is 2. The normalized spacial score (nSPS) is 21.9. The molecule has 0 aliphatic carbocycles. The van der Waals surface area contributed by atoms with Crippen LogP contribution >= 0.6 is 0 Å². The standard InChI is InChI=1S/C12H15N5O3/c1-17-4-9(13-7-17)12(18)16-10-5-19-6-11(10)20-8-2-14-15-3-8/h2-4,7,10-11H,5-6H2,1H3,(H,14,15)(H,16,18)/t10-,11+/m0/s1. The van der Waals surface area contributed by atoms with Gasteiger partial charge in [-0.3, -0.25) is 9.89 Å². The summed E-state index contributed by atoms with van der Waals surface area (Å²) in [7, 11) is 1.81. The van der Waals surface area contributed by atoms with Crippen LogP contribution in [0.2, 0.25) is 0 Å². The van der Waals surface area contributed by atoms with E-state index < -0.39 is 0 Å². The molecular weight excluding hydrogens is 262 g/mol. The molecule has 106 valence electrons. The Labute approximate surface area is 115 Å². The lowest BCUT2D eigenvalue weighted by Crippen LogP contribution is -2.45. The first kappa shape index (κ1) is 12.7. The molecule has 0 aromatic carbocycles. The van der Waals surface area contributed by atoms with Crippen LogP contribution in [0.3, 0.4) is 0 Å². The van der Waals surface area contributed by atoms with E-state index in [1.807, 2.05) is 7.05 Å². The zero-order chi connectivity index (χ0) is 13.9. The summed E-state index contributed by atoms with van der Waals surface area (Å²) in [5.41, 5.74) is 0.376. The van der Waals surface area contributed by atoms with Crippen LogP contribution in [0.1, 0.15) is 10.5 Å². The monoisotopic (exact) mass is 277 g/mol. The average molecular weight is 277 g/mol. The van der Waals surface area contributed by atoms with Crippen molar-refractivity contribution in [2.75, 3.05) is 13.2 Å². The molecule has 8 nitrogen and oxygen atoms in total. The number of hydrogen-bond donors (Lipinski definition) is 2. The van der Waals surface area contributed by atoms with E-state index in [0.29, 0.717) is 24.7 Å². The second kappa shape index (κ2) is 5.33. The van der Waals surface area contributed by atoms with Crippen LogP contribution in [-0.2, 0) is 11.8 Å².